The fraction of sp³-hybridized carbons (Fsp3) is 0.200. The third-order valence-electron chi connectivity index (χ3n) is 4.39. The molecular weight excluding hydrogens is 316 g/mol. The summed E-state index contributed by atoms with van der Waals surface area (Å²) in [7, 11) is 0. The van der Waals surface area contributed by atoms with Gasteiger partial charge in [-0.3, -0.25) is 4.79 Å². The van der Waals surface area contributed by atoms with E-state index in [0.29, 0.717) is 29.0 Å². The molecule has 1 aromatic carbocycles. The summed E-state index contributed by atoms with van der Waals surface area (Å²) in [5.41, 5.74) is 1.62. The molecule has 2 unspecified atom stereocenters. The highest BCUT2D eigenvalue weighted by atomic mass is 16.3. The van der Waals surface area contributed by atoms with Crippen LogP contribution in [0.1, 0.15) is 30.8 Å². The molecule has 0 radical (unpaired) electrons. The molecule has 1 amide bonds. The molecule has 0 bridgehead atoms. The minimum atomic E-state index is -0.204. The van der Waals surface area contributed by atoms with Gasteiger partial charge in [-0.1, -0.05) is 6.92 Å². The van der Waals surface area contributed by atoms with E-state index in [-0.39, 0.29) is 5.91 Å². The summed E-state index contributed by atoms with van der Waals surface area (Å²) in [6, 6.07) is 11.3. The number of rotatable bonds is 5. The predicted molar refractivity (Wildman–Crippen MR) is 94.8 cm³/mol. The monoisotopic (exact) mass is 334 g/mol. The van der Waals surface area contributed by atoms with Gasteiger partial charge in [0, 0.05) is 23.2 Å². The Morgan fingerprint density at radius 3 is 2.72 bits per heavy atom. The van der Waals surface area contributed by atoms with E-state index in [0.717, 1.165) is 11.3 Å². The maximum atomic E-state index is 12.0. The number of benzene rings is 1. The van der Waals surface area contributed by atoms with Gasteiger partial charge in [0.15, 0.2) is 12.2 Å². The van der Waals surface area contributed by atoms with Crippen molar-refractivity contribution in [3.8, 4) is 11.3 Å². The van der Waals surface area contributed by atoms with E-state index in [1.165, 1.54) is 18.9 Å². The lowest BCUT2D eigenvalue weighted by Gasteiger charge is -2.02. The zero-order valence-corrected chi connectivity index (χ0v) is 13.8. The van der Waals surface area contributed by atoms with Crippen molar-refractivity contribution < 1.29 is 13.6 Å². The Balaban J connectivity index is 1.36. The molecule has 2 aromatic heterocycles. The number of furan rings is 1. The molecule has 1 aliphatic carbocycles. The van der Waals surface area contributed by atoms with Crippen LogP contribution in [0.3, 0.4) is 0 Å². The molecule has 5 heteroatoms. The number of carbonyl (C=O) groups excluding carboxylic acids is 1. The number of hydrogen-bond donors (Lipinski definition) is 1. The van der Waals surface area contributed by atoms with Crippen molar-refractivity contribution >= 4 is 17.7 Å². The van der Waals surface area contributed by atoms with Gasteiger partial charge in [0.1, 0.15) is 11.5 Å². The first-order chi connectivity index (χ1) is 12.2. The quantitative estimate of drug-likeness (QED) is 0.686. The van der Waals surface area contributed by atoms with Crippen LogP contribution < -0.4 is 5.32 Å². The van der Waals surface area contributed by atoms with Crippen LogP contribution in [0.2, 0.25) is 0 Å². The molecule has 5 nitrogen and oxygen atoms in total. The third-order valence-corrected chi connectivity index (χ3v) is 4.39. The Labute approximate surface area is 145 Å². The zero-order valence-electron chi connectivity index (χ0n) is 13.8. The molecule has 0 spiro atoms. The normalized spacial score (nSPS) is 19.2. The number of nitrogens with zero attached hydrogens (tertiary/aromatic N) is 1. The van der Waals surface area contributed by atoms with E-state index >= 15 is 0 Å². The number of aromatic nitrogens is 1. The van der Waals surface area contributed by atoms with Gasteiger partial charge in [0.05, 0.1) is 6.20 Å². The summed E-state index contributed by atoms with van der Waals surface area (Å²) >= 11 is 0. The molecule has 1 saturated carbocycles. The number of nitrogens with one attached hydrogen (secondary N) is 1. The summed E-state index contributed by atoms with van der Waals surface area (Å²) in [6.45, 7) is 2.21. The van der Waals surface area contributed by atoms with Crippen LogP contribution in [0.25, 0.3) is 17.4 Å². The summed E-state index contributed by atoms with van der Waals surface area (Å²) in [5.74, 6) is 3.44. The van der Waals surface area contributed by atoms with Gasteiger partial charge in [0.2, 0.25) is 5.91 Å². The molecular formula is C20H18N2O3. The van der Waals surface area contributed by atoms with Gasteiger partial charge in [-0.25, -0.2) is 4.98 Å². The van der Waals surface area contributed by atoms with E-state index < -0.39 is 0 Å². The highest BCUT2D eigenvalue weighted by Gasteiger charge is 2.36. The summed E-state index contributed by atoms with van der Waals surface area (Å²) < 4.78 is 11.0. The molecule has 1 fully saturated rings. The summed E-state index contributed by atoms with van der Waals surface area (Å²) in [5, 5.41) is 2.82. The Morgan fingerprint density at radius 2 is 2.04 bits per heavy atom. The fourth-order valence-corrected chi connectivity index (χ4v) is 2.79. The molecule has 0 aliphatic heterocycles. The van der Waals surface area contributed by atoms with Crippen LogP contribution in [0.15, 0.2) is 63.9 Å². The fourth-order valence-electron chi connectivity index (χ4n) is 2.79. The predicted octanol–water partition coefficient (Wildman–Crippen LogP) is 4.71. The Hall–Kier alpha value is -3.08. The summed E-state index contributed by atoms with van der Waals surface area (Å²) in [4.78, 5) is 15.9. The van der Waals surface area contributed by atoms with E-state index in [2.05, 4.69) is 17.2 Å². The van der Waals surface area contributed by atoms with Gasteiger partial charge < -0.3 is 14.2 Å². The van der Waals surface area contributed by atoms with Crippen LogP contribution in [0.4, 0.5) is 5.69 Å². The Kier molecular flexibility index (Phi) is 3.98. The van der Waals surface area contributed by atoms with Crippen molar-refractivity contribution in [3.63, 3.8) is 0 Å². The molecule has 3 aromatic rings. The van der Waals surface area contributed by atoms with E-state index in [9.17, 15) is 4.79 Å². The molecule has 2 atom stereocenters. The molecule has 4 rings (SSSR count). The largest absolute Gasteiger partial charge is 0.461 e. The van der Waals surface area contributed by atoms with Gasteiger partial charge >= 0.3 is 0 Å². The van der Waals surface area contributed by atoms with Gasteiger partial charge in [0.25, 0.3) is 0 Å². The third kappa shape index (κ3) is 3.55. The first kappa shape index (κ1) is 15.4. The number of carbonyl (C=O) groups is 1. The highest BCUT2D eigenvalue weighted by molar-refractivity contribution is 6.01. The Morgan fingerprint density at radius 1 is 1.24 bits per heavy atom. The maximum Gasteiger partial charge on any atom is 0.248 e. The summed E-state index contributed by atoms with van der Waals surface area (Å²) in [6.07, 6.45) is 7.38. The molecule has 1 aliphatic rings. The average Bonchev–Trinajstić information content (AvgIpc) is 3.06. The smallest absolute Gasteiger partial charge is 0.248 e. The zero-order chi connectivity index (χ0) is 17.2. The van der Waals surface area contributed by atoms with Crippen molar-refractivity contribution in [3.05, 3.63) is 66.6 Å². The van der Waals surface area contributed by atoms with Gasteiger partial charge in [-0.2, -0.15) is 0 Å². The number of oxazole rings is 1. The number of hydrogen-bond acceptors (Lipinski definition) is 4. The van der Waals surface area contributed by atoms with Gasteiger partial charge in [-0.15, -0.1) is 0 Å². The minimum Gasteiger partial charge on any atom is -0.461 e. The second kappa shape index (κ2) is 6.43. The molecule has 25 heavy (non-hydrogen) atoms. The van der Waals surface area contributed by atoms with Crippen molar-refractivity contribution in [2.75, 3.05) is 5.32 Å². The van der Waals surface area contributed by atoms with Gasteiger partial charge in [-0.05, 0) is 54.8 Å². The molecule has 0 saturated heterocycles. The van der Waals surface area contributed by atoms with Crippen molar-refractivity contribution in [2.45, 2.75) is 19.3 Å². The molecule has 126 valence electrons. The molecule has 1 N–H and O–H groups in total. The second-order valence-electron chi connectivity index (χ2n) is 6.33. The highest BCUT2D eigenvalue weighted by Crippen LogP contribution is 2.47. The lowest BCUT2D eigenvalue weighted by atomic mass is 10.1. The van der Waals surface area contributed by atoms with Crippen LogP contribution >= 0.6 is 0 Å². The lowest BCUT2D eigenvalue weighted by Crippen LogP contribution is -2.07. The van der Waals surface area contributed by atoms with Crippen molar-refractivity contribution in [2.24, 2.45) is 5.92 Å². The first-order valence-corrected chi connectivity index (χ1v) is 8.27. The van der Waals surface area contributed by atoms with Crippen LogP contribution in [-0.2, 0) is 4.79 Å². The van der Waals surface area contributed by atoms with Crippen LogP contribution in [-0.4, -0.2) is 10.9 Å². The Bertz CT molecular complexity index is 891. The van der Waals surface area contributed by atoms with E-state index in [1.54, 1.807) is 12.3 Å². The average molecular weight is 334 g/mol. The SMILES string of the molecule is CC1CC1c1ccc(/C=C/C(=O)Nc2ccc(-c3cnco3)cc2)o1. The van der Waals surface area contributed by atoms with Crippen LogP contribution in [0.5, 0.6) is 0 Å². The topological polar surface area (TPSA) is 68.3 Å². The maximum absolute atomic E-state index is 12.0. The van der Waals surface area contributed by atoms with Crippen LogP contribution in [0, 0.1) is 5.92 Å². The second-order valence-corrected chi connectivity index (χ2v) is 6.33. The first-order valence-electron chi connectivity index (χ1n) is 8.27. The molecule has 2 heterocycles. The van der Waals surface area contributed by atoms with E-state index in [1.807, 2.05) is 36.4 Å². The number of amides is 1. The standard InChI is InChI=1S/C20H18N2O3/c1-13-10-17(13)18-8-6-16(25-18)7-9-20(23)22-15-4-2-14(3-5-15)19-11-21-12-24-19/h2-9,11-13,17H,10H2,1H3,(H,22,23)/b9-7+. The minimum absolute atomic E-state index is 0.204. The van der Waals surface area contributed by atoms with Crippen molar-refractivity contribution in [1.82, 2.24) is 4.98 Å². The van der Waals surface area contributed by atoms with E-state index in [4.69, 9.17) is 8.83 Å². The lowest BCUT2D eigenvalue weighted by molar-refractivity contribution is -0.111. The van der Waals surface area contributed by atoms with Crippen molar-refractivity contribution in [1.29, 1.82) is 0 Å². The number of anilines is 1.